The number of aromatic hydroxyl groups is 1. The molecule has 2 rings (SSSR count). The van der Waals surface area contributed by atoms with E-state index in [0.29, 0.717) is 18.4 Å². The lowest BCUT2D eigenvalue weighted by molar-refractivity contribution is -0.137. The molecular formula is C10H10F3NO. The fourth-order valence-corrected chi connectivity index (χ4v) is 1.53. The maximum absolute atomic E-state index is 12.3. The van der Waals surface area contributed by atoms with Crippen LogP contribution in [0.1, 0.15) is 24.0 Å². The number of benzene rings is 1. The summed E-state index contributed by atoms with van der Waals surface area (Å²) in [5, 5.41) is 9.45. The summed E-state index contributed by atoms with van der Waals surface area (Å²) in [6.07, 6.45) is -3.03. The molecule has 2 nitrogen and oxygen atoms in total. The van der Waals surface area contributed by atoms with E-state index in [1.165, 1.54) is 6.07 Å². The fourth-order valence-electron chi connectivity index (χ4n) is 1.53. The number of halogens is 3. The van der Waals surface area contributed by atoms with E-state index in [4.69, 9.17) is 5.73 Å². The van der Waals surface area contributed by atoms with Gasteiger partial charge in [0.1, 0.15) is 5.75 Å². The van der Waals surface area contributed by atoms with E-state index in [9.17, 15) is 18.3 Å². The number of hydrogen-bond acceptors (Lipinski definition) is 2. The van der Waals surface area contributed by atoms with Gasteiger partial charge in [-0.15, -0.1) is 0 Å². The van der Waals surface area contributed by atoms with Gasteiger partial charge < -0.3 is 10.8 Å². The number of rotatable bonds is 1. The summed E-state index contributed by atoms with van der Waals surface area (Å²) in [6, 6.07) is 2.93. The lowest BCUT2D eigenvalue weighted by Crippen LogP contribution is -2.19. The average molecular weight is 217 g/mol. The second-order valence-corrected chi connectivity index (χ2v) is 3.89. The van der Waals surface area contributed by atoms with E-state index in [0.717, 1.165) is 12.1 Å². The number of nitrogens with two attached hydrogens (primary N) is 1. The highest BCUT2D eigenvalue weighted by atomic mass is 19.4. The van der Waals surface area contributed by atoms with Crippen molar-refractivity contribution in [2.45, 2.75) is 24.6 Å². The molecule has 0 saturated heterocycles. The molecule has 82 valence electrons. The number of hydrogen-bond donors (Lipinski definition) is 2. The van der Waals surface area contributed by atoms with Crippen LogP contribution in [-0.4, -0.2) is 5.11 Å². The summed E-state index contributed by atoms with van der Waals surface area (Å²) in [7, 11) is 0. The first-order valence-electron chi connectivity index (χ1n) is 4.52. The number of phenols is 1. The molecule has 1 aliphatic carbocycles. The Kier molecular flexibility index (Phi) is 1.98. The van der Waals surface area contributed by atoms with Crippen molar-refractivity contribution in [3.05, 3.63) is 29.3 Å². The van der Waals surface area contributed by atoms with E-state index in [1.54, 1.807) is 0 Å². The van der Waals surface area contributed by atoms with Crippen molar-refractivity contribution in [2.75, 3.05) is 0 Å². The van der Waals surface area contributed by atoms with Crippen molar-refractivity contribution in [3.8, 4) is 5.75 Å². The van der Waals surface area contributed by atoms with Gasteiger partial charge in [0.05, 0.1) is 5.56 Å². The average Bonchev–Trinajstić information content (AvgIpc) is 2.82. The van der Waals surface area contributed by atoms with E-state index in [1.807, 2.05) is 0 Å². The van der Waals surface area contributed by atoms with Gasteiger partial charge in [-0.2, -0.15) is 13.2 Å². The minimum Gasteiger partial charge on any atom is -0.508 e. The smallest absolute Gasteiger partial charge is 0.416 e. The molecule has 0 aromatic heterocycles. The van der Waals surface area contributed by atoms with Crippen molar-refractivity contribution in [1.82, 2.24) is 0 Å². The molecule has 1 fully saturated rings. The van der Waals surface area contributed by atoms with Crippen LogP contribution in [0.2, 0.25) is 0 Å². The molecule has 0 heterocycles. The Morgan fingerprint density at radius 2 is 1.87 bits per heavy atom. The van der Waals surface area contributed by atoms with Crippen molar-refractivity contribution in [1.29, 1.82) is 0 Å². The van der Waals surface area contributed by atoms with Crippen molar-refractivity contribution in [2.24, 2.45) is 5.73 Å². The zero-order valence-electron chi connectivity index (χ0n) is 7.80. The molecule has 0 radical (unpaired) electrons. The topological polar surface area (TPSA) is 46.2 Å². The van der Waals surface area contributed by atoms with Crippen LogP contribution in [0.3, 0.4) is 0 Å². The first kappa shape index (κ1) is 10.3. The van der Waals surface area contributed by atoms with Gasteiger partial charge in [0.15, 0.2) is 0 Å². The molecule has 1 aromatic rings. The van der Waals surface area contributed by atoms with Crippen LogP contribution in [0.5, 0.6) is 5.75 Å². The summed E-state index contributed by atoms with van der Waals surface area (Å²) < 4.78 is 36.8. The Labute approximate surface area is 84.5 Å². The van der Waals surface area contributed by atoms with Gasteiger partial charge >= 0.3 is 6.18 Å². The van der Waals surface area contributed by atoms with Gasteiger partial charge in [0.25, 0.3) is 0 Å². The molecule has 0 amide bonds. The lowest BCUT2D eigenvalue weighted by atomic mass is 10.0. The zero-order chi connectivity index (χ0) is 11.3. The SMILES string of the molecule is NC1(c2ccc(C(F)(F)F)cc2O)CC1. The molecule has 1 saturated carbocycles. The highest BCUT2D eigenvalue weighted by molar-refractivity contribution is 5.44. The Bertz CT molecular complexity index is 396. The van der Waals surface area contributed by atoms with Crippen molar-refractivity contribution < 1.29 is 18.3 Å². The molecule has 0 spiro atoms. The minimum atomic E-state index is -4.43. The van der Waals surface area contributed by atoms with Crippen LogP contribution < -0.4 is 5.73 Å². The van der Waals surface area contributed by atoms with Crippen LogP contribution in [0, 0.1) is 0 Å². The predicted octanol–water partition coefficient (Wildman–Crippen LogP) is 2.36. The van der Waals surface area contributed by atoms with Crippen LogP contribution in [-0.2, 0) is 11.7 Å². The van der Waals surface area contributed by atoms with Gasteiger partial charge in [-0.1, -0.05) is 6.07 Å². The lowest BCUT2D eigenvalue weighted by Gasteiger charge is -2.13. The van der Waals surface area contributed by atoms with E-state index in [2.05, 4.69) is 0 Å². The second kappa shape index (κ2) is 2.88. The van der Waals surface area contributed by atoms with Gasteiger partial charge in [0, 0.05) is 11.1 Å². The predicted molar refractivity (Wildman–Crippen MR) is 48.2 cm³/mol. The molecule has 0 bridgehead atoms. The van der Waals surface area contributed by atoms with Crippen LogP contribution in [0.4, 0.5) is 13.2 Å². The molecule has 15 heavy (non-hydrogen) atoms. The largest absolute Gasteiger partial charge is 0.508 e. The van der Waals surface area contributed by atoms with Gasteiger partial charge in [-0.3, -0.25) is 0 Å². The number of alkyl halides is 3. The normalized spacial score (nSPS) is 18.9. The Balaban J connectivity index is 2.40. The first-order chi connectivity index (χ1) is 6.83. The Morgan fingerprint density at radius 3 is 2.27 bits per heavy atom. The van der Waals surface area contributed by atoms with Gasteiger partial charge in [-0.25, -0.2) is 0 Å². The van der Waals surface area contributed by atoms with E-state index >= 15 is 0 Å². The first-order valence-corrected chi connectivity index (χ1v) is 4.52. The maximum atomic E-state index is 12.3. The maximum Gasteiger partial charge on any atom is 0.416 e. The molecule has 1 aromatic carbocycles. The number of phenolic OH excluding ortho intramolecular Hbond substituents is 1. The highest BCUT2D eigenvalue weighted by Crippen LogP contribution is 2.47. The summed E-state index contributed by atoms with van der Waals surface area (Å²) in [5.74, 6) is -0.371. The minimum absolute atomic E-state index is 0.371. The summed E-state index contributed by atoms with van der Waals surface area (Å²) in [5.41, 5.74) is 4.71. The van der Waals surface area contributed by atoms with Crippen LogP contribution >= 0.6 is 0 Å². The molecular weight excluding hydrogens is 207 g/mol. The second-order valence-electron chi connectivity index (χ2n) is 3.89. The van der Waals surface area contributed by atoms with Gasteiger partial charge in [0.2, 0.25) is 0 Å². The monoisotopic (exact) mass is 217 g/mol. The molecule has 5 heteroatoms. The fraction of sp³-hybridized carbons (Fsp3) is 0.400. The summed E-state index contributed by atoms with van der Waals surface area (Å²) in [4.78, 5) is 0. The molecule has 0 unspecified atom stereocenters. The molecule has 3 N–H and O–H groups in total. The standard InChI is InChI=1S/C10H10F3NO/c11-10(12,13)6-1-2-7(8(15)5-6)9(14)3-4-9/h1-2,5,15H,3-4,14H2. The van der Waals surface area contributed by atoms with Crippen molar-refractivity contribution >= 4 is 0 Å². The quantitative estimate of drug-likeness (QED) is 0.758. The van der Waals surface area contributed by atoms with Gasteiger partial charge in [-0.05, 0) is 25.0 Å². The van der Waals surface area contributed by atoms with Crippen molar-refractivity contribution in [3.63, 3.8) is 0 Å². The Morgan fingerprint density at radius 1 is 1.27 bits per heavy atom. The summed E-state index contributed by atoms with van der Waals surface area (Å²) in [6.45, 7) is 0. The third kappa shape index (κ3) is 1.79. The summed E-state index contributed by atoms with van der Waals surface area (Å²) >= 11 is 0. The third-order valence-corrected chi connectivity index (χ3v) is 2.65. The molecule has 0 aliphatic heterocycles. The van der Waals surface area contributed by atoms with Crippen LogP contribution in [0.25, 0.3) is 0 Å². The third-order valence-electron chi connectivity index (χ3n) is 2.65. The molecule has 1 aliphatic rings. The van der Waals surface area contributed by atoms with Crippen LogP contribution in [0.15, 0.2) is 18.2 Å². The highest BCUT2D eigenvalue weighted by Gasteiger charge is 2.42. The Hall–Kier alpha value is -1.23. The van der Waals surface area contributed by atoms with E-state index < -0.39 is 17.3 Å². The molecule has 0 atom stereocenters. The zero-order valence-corrected chi connectivity index (χ0v) is 7.80. The van der Waals surface area contributed by atoms with E-state index in [-0.39, 0.29) is 5.75 Å².